The fourth-order valence-corrected chi connectivity index (χ4v) is 7.72. The molecule has 0 bridgehead atoms. The molecule has 0 radical (unpaired) electrons. The molecule has 0 amide bonds. The Morgan fingerprint density at radius 3 is 2.30 bits per heavy atom. The lowest BCUT2D eigenvalue weighted by molar-refractivity contribution is 1.000. The van der Waals surface area contributed by atoms with Gasteiger partial charge >= 0.3 is 0 Å². The van der Waals surface area contributed by atoms with Crippen molar-refractivity contribution in [1.82, 2.24) is 4.57 Å². The van der Waals surface area contributed by atoms with Crippen molar-refractivity contribution in [2.24, 2.45) is 0 Å². The normalized spacial score (nSPS) is 13.6. The third-order valence-corrected chi connectivity index (χ3v) is 10.4. The minimum Gasteiger partial charge on any atom is -0.313 e. The first kappa shape index (κ1) is 31.6. The van der Waals surface area contributed by atoms with Crippen LogP contribution < -0.4 is 0 Å². The topological polar surface area (TPSA) is 4.93 Å². The highest BCUT2D eigenvalue weighted by atomic mass is 15.0. The SMILES string of the molecule is CC/C=C\c1cc(-c2ccc3cc(/C(C)=C/C4=C(CC)c5c(n(-c6ccc7ccccc7c6)c6ccccc56)CC=C4)ccc3c2)ccc1C. The van der Waals surface area contributed by atoms with Crippen molar-refractivity contribution in [1.29, 1.82) is 0 Å². The molecule has 1 nitrogen and oxygen atoms in total. The van der Waals surface area contributed by atoms with Gasteiger partial charge in [-0.1, -0.05) is 129 Å². The van der Waals surface area contributed by atoms with Gasteiger partial charge in [0.15, 0.2) is 0 Å². The van der Waals surface area contributed by atoms with Gasteiger partial charge < -0.3 is 4.57 Å². The molecule has 1 heterocycles. The average molecular weight is 646 g/mol. The van der Waals surface area contributed by atoms with Crippen LogP contribution in [-0.2, 0) is 6.42 Å². The van der Waals surface area contributed by atoms with E-state index in [0.29, 0.717) is 0 Å². The Labute approximate surface area is 296 Å². The molecule has 0 spiro atoms. The van der Waals surface area contributed by atoms with Crippen LogP contribution in [0.5, 0.6) is 0 Å². The smallest absolute Gasteiger partial charge is 0.0537 e. The Kier molecular flexibility index (Phi) is 8.43. The van der Waals surface area contributed by atoms with Crippen LogP contribution in [0.2, 0.25) is 0 Å². The molecule has 0 N–H and O–H groups in total. The molecule has 1 aromatic heterocycles. The Balaban J connectivity index is 1.18. The summed E-state index contributed by atoms with van der Waals surface area (Å²) in [6.45, 7) is 8.92. The summed E-state index contributed by atoms with van der Waals surface area (Å²) in [4.78, 5) is 0. The zero-order chi connectivity index (χ0) is 34.2. The van der Waals surface area contributed by atoms with Gasteiger partial charge in [-0.25, -0.2) is 0 Å². The van der Waals surface area contributed by atoms with Crippen molar-refractivity contribution in [3.8, 4) is 16.8 Å². The molecule has 0 saturated carbocycles. The van der Waals surface area contributed by atoms with E-state index in [-0.39, 0.29) is 0 Å². The van der Waals surface area contributed by atoms with Gasteiger partial charge in [0.1, 0.15) is 0 Å². The van der Waals surface area contributed by atoms with Crippen molar-refractivity contribution in [3.05, 3.63) is 179 Å². The first-order valence-corrected chi connectivity index (χ1v) is 18.0. The molecule has 0 saturated heterocycles. The molecule has 0 aliphatic heterocycles. The molecule has 7 aromatic rings. The van der Waals surface area contributed by atoms with E-state index in [1.165, 1.54) is 93.9 Å². The van der Waals surface area contributed by atoms with E-state index in [1.54, 1.807) is 0 Å². The summed E-state index contributed by atoms with van der Waals surface area (Å²) in [5, 5.41) is 6.38. The lowest BCUT2D eigenvalue weighted by Gasteiger charge is -2.13. The van der Waals surface area contributed by atoms with Crippen LogP contribution in [0, 0.1) is 6.92 Å². The molecule has 6 aromatic carbocycles. The maximum Gasteiger partial charge on any atom is 0.0537 e. The largest absolute Gasteiger partial charge is 0.313 e. The van der Waals surface area contributed by atoms with Gasteiger partial charge in [0.05, 0.1) is 5.52 Å². The Bertz CT molecular complexity index is 2540. The molecule has 1 aliphatic carbocycles. The lowest BCUT2D eigenvalue weighted by Crippen LogP contribution is -2.01. The molecule has 1 aliphatic rings. The first-order valence-electron chi connectivity index (χ1n) is 18.0. The number of rotatable bonds is 7. The van der Waals surface area contributed by atoms with Crippen LogP contribution >= 0.6 is 0 Å². The number of aryl methyl sites for hydroxylation is 1. The Hall–Kier alpha value is -5.66. The second kappa shape index (κ2) is 13.3. The monoisotopic (exact) mass is 645 g/mol. The third-order valence-electron chi connectivity index (χ3n) is 10.4. The number of fused-ring (bicyclic) bond motifs is 5. The zero-order valence-corrected chi connectivity index (χ0v) is 29.5. The number of nitrogens with zero attached hydrogens (tertiary/aromatic N) is 1. The minimum absolute atomic E-state index is 0.881. The van der Waals surface area contributed by atoms with Crippen LogP contribution in [0.3, 0.4) is 0 Å². The highest BCUT2D eigenvalue weighted by molar-refractivity contribution is 5.99. The zero-order valence-electron chi connectivity index (χ0n) is 29.5. The summed E-state index contributed by atoms with van der Waals surface area (Å²) < 4.78 is 2.49. The van der Waals surface area contributed by atoms with Gasteiger partial charge in [-0.2, -0.15) is 0 Å². The maximum absolute atomic E-state index is 2.49. The maximum atomic E-state index is 2.49. The van der Waals surface area contributed by atoms with E-state index in [0.717, 1.165) is 19.3 Å². The van der Waals surface area contributed by atoms with Crippen molar-refractivity contribution < 1.29 is 0 Å². The van der Waals surface area contributed by atoms with Gasteiger partial charge in [-0.3, -0.25) is 0 Å². The summed E-state index contributed by atoms with van der Waals surface area (Å²) in [7, 11) is 0. The Morgan fingerprint density at radius 1 is 0.720 bits per heavy atom. The van der Waals surface area contributed by atoms with Gasteiger partial charge in [0.2, 0.25) is 0 Å². The average Bonchev–Trinajstić information content (AvgIpc) is 3.36. The molecule has 0 atom stereocenters. The molecule has 0 fully saturated rings. The first-order chi connectivity index (χ1) is 24.5. The highest BCUT2D eigenvalue weighted by Crippen LogP contribution is 2.40. The molecule has 244 valence electrons. The number of para-hydroxylation sites is 1. The van der Waals surface area contributed by atoms with Crippen LogP contribution in [-0.4, -0.2) is 4.57 Å². The molecule has 50 heavy (non-hydrogen) atoms. The van der Waals surface area contributed by atoms with Gasteiger partial charge in [0, 0.05) is 28.8 Å². The summed E-state index contributed by atoms with van der Waals surface area (Å²) in [6, 6.07) is 45.0. The molecule has 8 rings (SSSR count). The number of hydrogen-bond donors (Lipinski definition) is 0. The fraction of sp³-hybridized carbons (Fsp3) is 0.143. The summed E-state index contributed by atoms with van der Waals surface area (Å²) in [6.07, 6.45) is 14.5. The van der Waals surface area contributed by atoms with Gasteiger partial charge in [0.25, 0.3) is 0 Å². The fourth-order valence-electron chi connectivity index (χ4n) is 7.72. The quantitative estimate of drug-likeness (QED) is 0.163. The van der Waals surface area contributed by atoms with E-state index in [1.807, 2.05) is 0 Å². The predicted octanol–water partition coefficient (Wildman–Crippen LogP) is 13.7. The minimum atomic E-state index is 0.881. The van der Waals surface area contributed by atoms with Gasteiger partial charge in [-0.05, 0) is 129 Å². The number of allylic oxidation sites excluding steroid dienone is 7. The van der Waals surface area contributed by atoms with Crippen LogP contribution in [0.15, 0.2) is 151 Å². The summed E-state index contributed by atoms with van der Waals surface area (Å²) in [5.41, 5.74) is 15.6. The Morgan fingerprint density at radius 2 is 1.44 bits per heavy atom. The second-order valence-corrected chi connectivity index (χ2v) is 13.6. The lowest BCUT2D eigenvalue weighted by atomic mass is 9.93. The van der Waals surface area contributed by atoms with E-state index in [4.69, 9.17) is 0 Å². The third kappa shape index (κ3) is 5.73. The van der Waals surface area contributed by atoms with E-state index in [2.05, 4.69) is 184 Å². The molecule has 1 heteroatoms. The molecule has 0 unspecified atom stereocenters. The number of aromatic nitrogens is 1. The number of hydrogen-bond acceptors (Lipinski definition) is 0. The van der Waals surface area contributed by atoms with E-state index in [9.17, 15) is 0 Å². The summed E-state index contributed by atoms with van der Waals surface area (Å²) >= 11 is 0. The molecular formula is C49H43N. The summed E-state index contributed by atoms with van der Waals surface area (Å²) in [5.74, 6) is 0. The van der Waals surface area contributed by atoms with E-state index >= 15 is 0 Å². The van der Waals surface area contributed by atoms with Crippen molar-refractivity contribution in [2.75, 3.05) is 0 Å². The van der Waals surface area contributed by atoms with Crippen LogP contribution in [0.1, 0.15) is 61.6 Å². The highest BCUT2D eigenvalue weighted by Gasteiger charge is 2.23. The van der Waals surface area contributed by atoms with Crippen molar-refractivity contribution in [2.45, 2.75) is 47.0 Å². The number of benzene rings is 6. The van der Waals surface area contributed by atoms with Crippen molar-refractivity contribution in [3.63, 3.8) is 0 Å². The molecular weight excluding hydrogens is 603 g/mol. The van der Waals surface area contributed by atoms with Crippen LogP contribution in [0.25, 0.3) is 66.5 Å². The standard InChI is InChI=1S/C49H43N/c1-5-7-13-36-29-39(21-20-33(36)3)42-25-24-40-30-37(22-23-41(40)31-42)34(4)28-43-16-12-19-48-49(45(43)6-2)46-17-10-11-18-47(46)50(48)44-27-26-35-14-8-9-15-38(35)32-44/h7-18,20-32H,5-6,19H2,1-4H3/b13-7-,34-28+. The van der Waals surface area contributed by atoms with Gasteiger partial charge in [-0.15, -0.1) is 0 Å². The van der Waals surface area contributed by atoms with E-state index < -0.39 is 0 Å². The van der Waals surface area contributed by atoms with Crippen molar-refractivity contribution >= 4 is 49.7 Å². The second-order valence-electron chi connectivity index (χ2n) is 13.6. The van der Waals surface area contributed by atoms with Crippen LogP contribution in [0.4, 0.5) is 0 Å². The predicted molar refractivity (Wildman–Crippen MR) is 218 cm³/mol.